The molecule has 0 aliphatic rings. The van der Waals surface area contributed by atoms with Crippen molar-refractivity contribution in [3.63, 3.8) is 0 Å². The molecule has 4 aromatic rings. The molecule has 0 saturated carbocycles. The van der Waals surface area contributed by atoms with Gasteiger partial charge in [-0.15, -0.1) is 10.2 Å². The molecule has 0 aliphatic carbocycles. The first-order valence-electron chi connectivity index (χ1n) is 8.68. The number of aliphatic hydroxyl groups excluding tert-OH is 1. The number of rotatable bonds is 6. The van der Waals surface area contributed by atoms with Crippen LogP contribution in [0.1, 0.15) is 24.0 Å². The summed E-state index contributed by atoms with van der Waals surface area (Å²) >= 11 is 0. The highest BCUT2D eigenvalue weighted by Crippen LogP contribution is 2.21. The molecule has 9 heteroatoms. The van der Waals surface area contributed by atoms with E-state index in [1.54, 1.807) is 54.0 Å². The van der Waals surface area contributed by atoms with Gasteiger partial charge in [-0.05, 0) is 42.8 Å². The molecule has 3 heterocycles. The lowest BCUT2D eigenvalue weighted by Gasteiger charge is -2.06. The van der Waals surface area contributed by atoms with Crippen LogP contribution in [0.15, 0.2) is 47.8 Å². The highest BCUT2D eigenvalue weighted by atomic mass is 19.1. The molecule has 0 bridgehead atoms. The minimum atomic E-state index is -0.325. The third kappa shape index (κ3) is 3.39. The van der Waals surface area contributed by atoms with Gasteiger partial charge in [0, 0.05) is 18.0 Å². The maximum absolute atomic E-state index is 14.9. The summed E-state index contributed by atoms with van der Waals surface area (Å²) in [4.78, 5) is 9.14. The van der Waals surface area contributed by atoms with Crippen LogP contribution in [0, 0.1) is 5.82 Å². The lowest BCUT2D eigenvalue weighted by atomic mass is 10.1. The Morgan fingerprint density at radius 2 is 2.11 bits per heavy atom. The van der Waals surface area contributed by atoms with E-state index in [-0.39, 0.29) is 25.5 Å². The van der Waals surface area contributed by atoms with Gasteiger partial charge in [0.15, 0.2) is 11.5 Å². The van der Waals surface area contributed by atoms with Crippen LogP contribution in [0.5, 0.6) is 0 Å². The first-order valence-corrected chi connectivity index (χ1v) is 8.68. The number of nitrogens with zero attached hydrogens (tertiary/aromatic N) is 6. The van der Waals surface area contributed by atoms with Gasteiger partial charge in [0.2, 0.25) is 0 Å². The van der Waals surface area contributed by atoms with E-state index >= 15 is 0 Å². The number of benzene rings is 1. The summed E-state index contributed by atoms with van der Waals surface area (Å²) in [5.41, 5.74) is 2.74. The van der Waals surface area contributed by atoms with E-state index in [0.29, 0.717) is 39.3 Å². The van der Waals surface area contributed by atoms with Gasteiger partial charge in [-0.2, -0.15) is 9.61 Å². The monoisotopic (exact) mass is 380 g/mol. The highest BCUT2D eigenvalue weighted by Gasteiger charge is 2.14. The molecular weight excluding hydrogens is 363 g/mol. The maximum atomic E-state index is 14.9. The number of hydrogen-bond donors (Lipinski definition) is 1. The van der Waals surface area contributed by atoms with E-state index in [1.807, 2.05) is 0 Å². The van der Waals surface area contributed by atoms with E-state index < -0.39 is 0 Å². The first kappa shape index (κ1) is 17.9. The lowest BCUT2D eigenvalue weighted by Crippen LogP contribution is -2.08. The van der Waals surface area contributed by atoms with Crippen molar-refractivity contribution in [2.24, 2.45) is 5.16 Å². The Bertz CT molecular complexity index is 1170. The molecule has 142 valence electrons. The Kier molecular flexibility index (Phi) is 4.90. The Labute approximate surface area is 159 Å². The van der Waals surface area contributed by atoms with E-state index in [2.05, 4.69) is 25.4 Å². The van der Waals surface area contributed by atoms with Crippen molar-refractivity contribution >= 4 is 22.3 Å². The number of oxime groups is 1. The molecule has 0 spiro atoms. The maximum Gasteiger partial charge on any atom is 0.177 e. The fourth-order valence-corrected chi connectivity index (χ4v) is 2.84. The van der Waals surface area contributed by atoms with Gasteiger partial charge < -0.3 is 9.94 Å². The molecule has 0 unspecified atom stereocenters. The number of pyridine rings is 1. The molecule has 0 amide bonds. The second-order valence-corrected chi connectivity index (χ2v) is 6.12. The predicted octanol–water partition coefficient (Wildman–Crippen LogP) is 2.14. The van der Waals surface area contributed by atoms with Gasteiger partial charge in [0.1, 0.15) is 23.8 Å². The SMILES string of the molecule is CC(=NOCCO)c1ccc2nnc(Cc3ccc4ncccc4c3F)n2n1. The summed E-state index contributed by atoms with van der Waals surface area (Å²) in [6, 6.07) is 10.4. The molecule has 0 aliphatic heterocycles. The fraction of sp³-hybridized carbons (Fsp3) is 0.211. The average Bonchev–Trinajstić information content (AvgIpc) is 3.12. The number of fused-ring (bicyclic) bond motifs is 2. The van der Waals surface area contributed by atoms with Crippen molar-refractivity contribution in [3.05, 3.63) is 65.5 Å². The average molecular weight is 380 g/mol. The first-order chi connectivity index (χ1) is 13.7. The second kappa shape index (κ2) is 7.65. The van der Waals surface area contributed by atoms with Crippen molar-refractivity contribution in [1.82, 2.24) is 24.8 Å². The third-order valence-electron chi connectivity index (χ3n) is 4.23. The highest BCUT2D eigenvalue weighted by molar-refractivity contribution is 5.96. The predicted molar refractivity (Wildman–Crippen MR) is 101 cm³/mol. The summed E-state index contributed by atoms with van der Waals surface area (Å²) in [5.74, 6) is 0.178. The Morgan fingerprint density at radius 1 is 1.21 bits per heavy atom. The topological polar surface area (TPSA) is 97.8 Å². The normalized spacial score (nSPS) is 12.0. The largest absolute Gasteiger partial charge is 0.393 e. The van der Waals surface area contributed by atoms with Crippen molar-refractivity contribution in [1.29, 1.82) is 0 Å². The van der Waals surface area contributed by atoms with Crippen LogP contribution in [0.4, 0.5) is 4.39 Å². The van der Waals surface area contributed by atoms with Crippen LogP contribution in [-0.2, 0) is 11.3 Å². The number of aliphatic hydroxyl groups is 1. The molecule has 0 radical (unpaired) electrons. The zero-order valence-electron chi connectivity index (χ0n) is 15.1. The molecule has 0 saturated heterocycles. The van der Waals surface area contributed by atoms with Crippen LogP contribution < -0.4 is 0 Å². The third-order valence-corrected chi connectivity index (χ3v) is 4.23. The van der Waals surface area contributed by atoms with Crippen LogP contribution in [0.2, 0.25) is 0 Å². The van der Waals surface area contributed by atoms with Gasteiger partial charge in [0.25, 0.3) is 0 Å². The minimum absolute atomic E-state index is 0.105. The van der Waals surface area contributed by atoms with Crippen molar-refractivity contribution < 1.29 is 14.3 Å². The Morgan fingerprint density at radius 3 is 2.96 bits per heavy atom. The van der Waals surface area contributed by atoms with Gasteiger partial charge in [-0.1, -0.05) is 11.2 Å². The standard InChI is InChI=1S/C19H17FN6O2/c1-12(25-28-10-9-27)15-6-7-17-22-23-18(26(17)24-15)11-13-4-5-16-14(19(13)20)3-2-8-21-16/h2-8,27H,9-11H2,1H3. The fourth-order valence-electron chi connectivity index (χ4n) is 2.84. The Balaban J connectivity index is 1.69. The molecule has 1 N–H and O–H groups in total. The van der Waals surface area contributed by atoms with Crippen molar-refractivity contribution in [3.8, 4) is 0 Å². The van der Waals surface area contributed by atoms with E-state index in [9.17, 15) is 4.39 Å². The van der Waals surface area contributed by atoms with Gasteiger partial charge in [0.05, 0.1) is 12.1 Å². The van der Waals surface area contributed by atoms with Gasteiger partial charge in [-0.3, -0.25) is 4.98 Å². The van der Waals surface area contributed by atoms with Crippen molar-refractivity contribution in [2.45, 2.75) is 13.3 Å². The Hall–Kier alpha value is -3.46. The lowest BCUT2D eigenvalue weighted by molar-refractivity contribution is 0.0986. The number of halogens is 1. The zero-order valence-corrected chi connectivity index (χ0v) is 15.1. The van der Waals surface area contributed by atoms with Crippen LogP contribution >= 0.6 is 0 Å². The number of hydrogen-bond acceptors (Lipinski definition) is 7. The summed E-state index contributed by atoms with van der Waals surface area (Å²) in [5, 5.41) is 25.9. The number of aromatic nitrogens is 5. The van der Waals surface area contributed by atoms with E-state index in [1.165, 1.54) is 0 Å². The molecule has 3 aromatic heterocycles. The summed E-state index contributed by atoms with van der Waals surface area (Å²) in [7, 11) is 0. The second-order valence-electron chi connectivity index (χ2n) is 6.12. The van der Waals surface area contributed by atoms with Gasteiger partial charge >= 0.3 is 0 Å². The molecule has 28 heavy (non-hydrogen) atoms. The smallest absolute Gasteiger partial charge is 0.177 e. The molecular formula is C19H17FN6O2. The zero-order chi connectivity index (χ0) is 19.5. The summed E-state index contributed by atoms with van der Waals surface area (Å²) in [6.07, 6.45) is 1.86. The van der Waals surface area contributed by atoms with Crippen molar-refractivity contribution in [2.75, 3.05) is 13.2 Å². The summed E-state index contributed by atoms with van der Waals surface area (Å²) in [6.45, 7) is 1.73. The molecule has 8 nitrogen and oxygen atoms in total. The van der Waals surface area contributed by atoms with Crippen LogP contribution in [-0.4, -0.2) is 48.8 Å². The quantitative estimate of drug-likeness (QED) is 0.313. The molecule has 4 rings (SSSR count). The van der Waals surface area contributed by atoms with Crippen LogP contribution in [0.25, 0.3) is 16.6 Å². The minimum Gasteiger partial charge on any atom is -0.393 e. The van der Waals surface area contributed by atoms with E-state index in [0.717, 1.165) is 0 Å². The summed E-state index contributed by atoms with van der Waals surface area (Å²) < 4.78 is 16.4. The van der Waals surface area contributed by atoms with Gasteiger partial charge in [-0.25, -0.2) is 4.39 Å². The molecule has 0 atom stereocenters. The van der Waals surface area contributed by atoms with Crippen LogP contribution in [0.3, 0.4) is 0 Å². The molecule has 1 aromatic carbocycles. The molecule has 0 fully saturated rings. The van der Waals surface area contributed by atoms with E-state index in [4.69, 9.17) is 9.94 Å².